The molecule has 0 aliphatic rings. The van der Waals surface area contributed by atoms with Crippen molar-refractivity contribution in [2.45, 2.75) is 12.5 Å². The third-order valence-electron chi connectivity index (χ3n) is 2.87. The molecule has 0 fully saturated rings. The van der Waals surface area contributed by atoms with Crippen molar-refractivity contribution in [2.24, 2.45) is 0 Å². The quantitative estimate of drug-likeness (QED) is 0.798. The van der Waals surface area contributed by atoms with Crippen LogP contribution in [0.3, 0.4) is 0 Å². The van der Waals surface area contributed by atoms with Gasteiger partial charge < -0.3 is 5.11 Å². The van der Waals surface area contributed by atoms with Crippen LogP contribution in [0.5, 0.6) is 0 Å². The number of aliphatic hydroxyl groups excluding tert-OH is 1. The maximum atomic E-state index is 13.5. The van der Waals surface area contributed by atoms with E-state index in [9.17, 15) is 9.50 Å². The molecule has 0 saturated carbocycles. The molecule has 2 heterocycles. The molecule has 1 N–H and O–H groups in total. The highest BCUT2D eigenvalue weighted by Crippen LogP contribution is 2.26. The summed E-state index contributed by atoms with van der Waals surface area (Å²) in [6.45, 7) is 0. The highest BCUT2D eigenvalue weighted by molar-refractivity contribution is 7.18. The number of fused-ring (bicyclic) bond motifs is 1. The van der Waals surface area contributed by atoms with Crippen LogP contribution in [0.4, 0.5) is 4.39 Å². The first kappa shape index (κ1) is 12.2. The van der Waals surface area contributed by atoms with Crippen LogP contribution >= 0.6 is 11.3 Å². The van der Waals surface area contributed by atoms with Gasteiger partial charge in [0.25, 0.3) is 0 Å². The molecule has 0 aliphatic heterocycles. The van der Waals surface area contributed by atoms with Gasteiger partial charge in [0, 0.05) is 18.2 Å². The summed E-state index contributed by atoms with van der Waals surface area (Å²) in [5.74, 6) is -0.490. The third kappa shape index (κ3) is 2.47. The van der Waals surface area contributed by atoms with E-state index in [0.29, 0.717) is 6.42 Å². The molecule has 0 amide bonds. The highest BCUT2D eigenvalue weighted by Gasteiger charge is 2.15. The Balaban J connectivity index is 1.86. The molecule has 0 saturated heterocycles. The number of rotatable bonds is 3. The maximum absolute atomic E-state index is 13.5. The van der Waals surface area contributed by atoms with Crippen molar-refractivity contribution < 1.29 is 9.50 Å². The van der Waals surface area contributed by atoms with Crippen molar-refractivity contribution in [3.8, 4) is 0 Å². The average Bonchev–Trinajstić information content (AvgIpc) is 2.81. The number of hydrogen-bond donors (Lipinski definition) is 1. The molecule has 0 radical (unpaired) electrons. The Hall–Kier alpha value is -1.85. The normalized spacial score (nSPS) is 12.7. The number of nitrogens with zero attached hydrogens (tertiary/aromatic N) is 2. The van der Waals surface area contributed by atoms with Gasteiger partial charge in [-0.15, -0.1) is 11.3 Å². The monoisotopic (exact) mass is 274 g/mol. The van der Waals surface area contributed by atoms with Gasteiger partial charge in [-0.1, -0.05) is 12.1 Å². The number of aliphatic hydroxyl groups is 1. The van der Waals surface area contributed by atoms with Gasteiger partial charge in [-0.3, -0.25) is 4.98 Å². The zero-order valence-electron chi connectivity index (χ0n) is 9.95. The molecule has 1 aromatic carbocycles. The number of hydrogen-bond acceptors (Lipinski definition) is 4. The summed E-state index contributed by atoms with van der Waals surface area (Å²) >= 11 is 1.52. The fourth-order valence-corrected chi connectivity index (χ4v) is 2.94. The second-order valence-electron chi connectivity index (χ2n) is 4.19. The van der Waals surface area contributed by atoms with E-state index in [-0.39, 0.29) is 5.56 Å². The Morgan fingerprint density at radius 3 is 2.89 bits per heavy atom. The lowest BCUT2D eigenvalue weighted by atomic mass is 10.1. The van der Waals surface area contributed by atoms with Crippen molar-refractivity contribution in [2.75, 3.05) is 0 Å². The Morgan fingerprint density at radius 2 is 2.11 bits per heavy atom. The van der Waals surface area contributed by atoms with Crippen molar-refractivity contribution in [1.82, 2.24) is 9.97 Å². The van der Waals surface area contributed by atoms with Crippen molar-refractivity contribution in [3.05, 3.63) is 59.1 Å². The van der Waals surface area contributed by atoms with E-state index in [1.54, 1.807) is 0 Å². The standard InChI is InChI=1S/C14H11FN2OS/c15-10-8-16-6-5-9(10)12(18)7-14-17-11-3-1-2-4-13(11)19-14/h1-6,8,12,18H,7H2. The molecule has 0 aliphatic carbocycles. The van der Waals surface area contributed by atoms with Crippen LogP contribution in [0, 0.1) is 5.82 Å². The number of halogens is 1. The van der Waals surface area contributed by atoms with Crippen LogP contribution in [0.2, 0.25) is 0 Å². The van der Waals surface area contributed by atoms with Gasteiger partial charge in [0.2, 0.25) is 0 Å². The Morgan fingerprint density at radius 1 is 1.26 bits per heavy atom. The van der Waals surface area contributed by atoms with E-state index in [1.807, 2.05) is 24.3 Å². The molecule has 0 spiro atoms. The molecule has 3 aromatic rings. The Labute approximate surface area is 113 Å². The molecule has 96 valence electrons. The first-order chi connectivity index (χ1) is 9.24. The van der Waals surface area contributed by atoms with Crippen LogP contribution in [-0.2, 0) is 6.42 Å². The second-order valence-corrected chi connectivity index (χ2v) is 5.31. The van der Waals surface area contributed by atoms with Crippen LogP contribution in [0.1, 0.15) is 16.7 Å². The average molecular weight is 274 g/mol. The minimum Gasteiger partial charge on any atom is -0.388 e. The van der Waals surface area contributed by atoms with Gasteiger partial charge in [-0.05, 0) is 18.2 Å². The Kier molecular flexibility index (Phi) is 3.23. The van der Waals surface area contributed by atoms with Crippen molar-refractivity contribution in [1.29, 1.82) is 0 Å². The van der Waals surface area contributed by atoms with Crippen LogP contribution in [0.15, 0.2) is 42.7 Å². The van der Waals surface area contributed by atoms with Crippen molar-refractivity contribution in [3.63, 3.8) is 0 Å². The predicted molar refractivity (Wildman–Crippen MR) is 72.5 cm³/mol. The molecule has 5 heteroatoms. The van der Waals surface area contributed by atoms with E-state index in [0.717, 1.165) is 21.4 Å². The molecular weight excluding hydrogens is 263 g/mol. The van der Waals surface area contributed by atoms with Gasteiger partial charge in [-0.25, -0.2) is 9.37 Å². The lowest BCUT2D eigenvalue weighted by Crippen LogP contribution is -2.04. The highest BCUT2D eigenvalue weighted by atomic mass is 32.1. The summed E-state index contributed by atoms with van der Waals surface area (Å²) in [5, 5.41) is 10.9. The lowest BCUT2D eigenvalue weighted by molar-refractivity contribution is 0.173. The Bertz CT molecular complexity index is 680. The summed E-state index contributed by atoms with van der Waals surface area (Å²) in [4.78, 5) is 8.10. The first-order valence-corrected chi connectivity index (χ1v) is 6.67. The van der Waals surface area contributed by atoms with E-state index >= 15 is 0 Å². The van der Waals surface area contributed by atoms with E-state index < -0.39 is 11.9 Å². The SMILES string of the molecule is OC(Cc1nc2ccccc2s1)c1ccncc1F. The molecule has 0 bridgehead atoms. The molecule has 1 unspecified atom stereocenters. The van der Waals surface area contributed by atoms with E-state index in [2.05, 4.69) is 9.97 Å². The van der Waals surface area contributed by atoms with Gasteiger partial charge in [-0.2, -0.15) is 0 Å². The lowest BCUT2D eigenvalue weighted by Gasteiger charge is -2.09. The minimum absolute atomic E-state index is 0.259. The van der Waals surface area contributed by atoms with Gasteiger partial charge in [0.15, 0.2) is 0 Å². The topological polar surface area (TPSA) is 46.0 Å². The fraction of sp³-hybridized carbons (Fsp3) is 0.143. The molecule has 3 rings (SSSR count). The smallest absolute Gasteiger partial charge is 0.147 e. The number of pyridine rings is 1. The second kappa shape index (κ2) is 5.03. The number of para-hydroxylation sites is 1. The number of thiazole rings is 1. The van der Waals surface area contributed by atoms with E-state index in [1.165, 1.54) is 23.6 Å². The zero-order chi connectivity index (χ0) is 13.2. The summed E-state index contributed by atoms with van der Waals surface area (Å²) in [6.07, 6.45) is 1.99. The first-order valence-electron chi connectivity index (χ1n) is 5.86. The van der Waals surface area contributed by atoms with Gasteiger partial charge in [0.05, 0.1) is 27.5 Å². The molecular formula is C14H11FN2OS. The van der Waals surface area contributed by atoms with Crippen LogP contribution < -0.4 is 0 Å². The fourth-order valence-electron chi connectivity index (χ4n) is 1.94. The van der Waals surface area contributed by atoms with E-state index in [4.69, 9.17) is 0 Å². The molecule has 2 aromatic heterocycles. The zero-order valence-corrected chi connectivity index (χ0v) is 10.8. The summed E-state index contributed by atoms with van der Waals surface area (Å²) < 4.78 is 14.6. The number of aromatic nitrogens is 2. The molecule has 1 atom stereocenters. The minimum atomic E-state index is -0.899. The number of benzene rings is 1. The third-order valence-corrected chi connectivity index (χ3v) is 3.93. The molecule has 19 heavy (non-hydrogen) atoms. The van der Waals surface area contributed by atoms with Crippen LogP contribution in [0.25, 0.3) is 10.2 Å². The maximum Gasteiger partial charge on any atom is 0.147 e. The molecule has 3 nitrogen and oxygen atoms in total. The summed E-state index contributed by atoms with van der Waals surface area (Å²) in [7, 11) is 0. The van der Waals surface area contributed by atoms with Crippen LogP contribution in [-0.4, -0.2) is 15.1 Å². The van der Waals surface area contributed by atoms with Gasteiger partial charge in [0.1, 0.15) is 5.82 Å². The van der Waals surface area contributed by atoms with Crippen molar-refractivity contribution >= 4 is 21.6 Å². The largest absolute Gasteiger partial charge is 0.388 e. The summed E-state index contributed by atoms with van der Waals surface area (Å²) in [5.41, 5.74) is 1.17. The van der Waals surface area contributed by atoms with Gasteiger partial charge >= 0.3 is 0 Å². The predicted octanol–water partition coefficient (Wildman–Crippen LogP) is 3.11. The summed E-state index contributed by atoms with van der Waals surface area (Å²) in [6, 6.07) is 9.27.